The molecule has 3 heterocycles. The molecule has 156 valence electrons. The Balaban J connectivity index is 1.60. The van der Waals surface area contributed by atoms with E-state index in [1.54, 1.807) is 18.6 Å². The molecular formula is C22H25BrN6O. The number of anilines is 1. The van der Waals surface area contributed by atoms with Crippen LogP contribution in [0.4, 0.5) is 5.82 Å². The van der Waals surface area contributed by atoms with Crippen LogP contribution < -0.4 is 5.32 Å². The summed E-state index contributed by atoms with van der Waals surface area (Å²) >= 11 is 3.41. The Morgan fingerprint density at radius 1 is 1.23 bits per heavy atom. The van der Waals surface area contributed by atoms with Crippen molar-refractivity contribution in [1.29, 1.82) is 0 Å². The standard InChI is InChI=1S/C22H25BrN6O/c1-15-5-7-19(29-26-9-10-27-29)18(12-15)22(30)28-11-3-4-16(2)20(28)14-25-21-8-6-17(23)13-24-21/h5-10,12-13,16,20H,3-4,11,14H2,1-2H3,(H,24,25). The van der Waals surface area contributed by atoms with Crippen molar-refractivity contribution in [2.24, 2.45) is 5.92 Å². The van der Waals surface area contributed by atoms with Gasteiger partial charge in [-0.05, 0) is 65.9 Å². The topological polar surface area (TPSA) is 75.9 Å². The van der Waals surface area contributed by atoms with Gasteiger partial charge in [0.15, 0.2) is 0 Å². The number of carbonyl (C=O) groups excluding carboxylic acids is 1. The zero-order chi connectivity index (χ0) is 21.1. The molecule has 1 fully saturated rings. The first-order valence-electron chi connectivity index (χ1n) is 10.2. The van der Waals surface area contributed by atoms with Gasteiger partial charge in [-0.3, -0.25) is 4.79 Å². The molecule has 0 radical (unpaired) electrons. The van der Waals surface area contributed by atoms with Gasteiger partial charge in [-0.25, -0.2) is 4.98 Å². The lowest BCUT2D eigenvalue weighted by atomic mass is 9.89. The minimum absolute atomic E-state index is 0.0214. The van der Waals surface area contributed by atoms with E-state index < -0.39 is 0 Å². The first-order valence-corrected chi connectivity index (χ1v) is 11.0. The molecule has 1 aliphatic rings. The minimum atomic E-state index is 0.0214. The summed E-state index contributed by atoms with van der Waals surface area (Å²) in [6.07, 6.45) is 7.11. The van der Waals surface area contributed by atoms with Crippen LogP contribution in [0.3, 0.4) is 0 Å². The fourth-order valence-electron chi connectivity index (χ4n) is 3.99. The van der Waals surface area contributed by atoms with Crippen molar-refractivity contribution >= 4 is 27.7 Å². The number of likely N-dealkylation sites (tertiary alicyclic amines) is 1. The molecule has 1 aliphatic heterocycles. The summed E-state index contributed by atoms with van der Waals surface area (Å²) < 4.78 is 0.940. The fourth-order valence-corrected chi connectivity index (χ4v) is 4.23. The van der Waals surface area contributed by atoms with Crippen LogP contribution in [0.2, 0.25) is 0 Å². The molecule has 2 aromatic heterocycles. The lowest BCUT2D eigenvalue weighted by Gasteiger charge is -2.40. The second-order valence-electron chi connectivity index (χ2n) is 7.77. The molecule has 2 atom stereocenters. The summed E-state index contributed by atoms with van der Waals surface area (Å²) in [4.78, 5) is 21.6. The van der Waals surface area contributed by atoms with Crippen molar-refractivity contribution in [2.45, 2.75) is 32.7 Å². The molecule has 0 bridgehead atoms. The van der Waals surface area contributed by atoms with E-state index in [9.17, 15) is 4.79 Å². The van der Waals surface area contributed by atoms with E-state index >= 15 is 0 Å². The first-order chi connectivity index (χ1) is 14.5. The van der Waals surface area contributed by atoms with Crippen LogP contribution in [0.1, 0.15) is 35.7 Å². The Morgan fingerprint density at radius 2 is 2.03 bits per heavy atom. The SMILES string of the molecule is Cc1ccc(-n2nccn2)c(C(=O)N2CCCC(C)C2CNc2ccc(Br)cn2)c1. The van der Waals surface area contributed by atoms with E-state index in [1.165, 1.54) is 4.80 Å². The highest BCUT2D eigenvalue weighted by atomic mass is 79.9. The number of nitrogens with zero attached hydrogens (tertiary/aromatic N) is 5. The average molecular weight is 469 g/mol. The first kappa shape index (κ1) is 20.5. The summed E-state index contributed by atoms with van der Waals surface area (Å²) in [6.45, 7) is 5.60. The molecule has 7 nitrogen and oxygen atoms in total. The van der Waals surface area contributed by atoms with Crippen LogP contribution >= 0.6 is 15.9 Å². The number of aromatic nitrogens is 4. The number of carbonyl (C=O) groups is 1. The van der Waals surface area contributed by atoms with Crippen LogP contribution in [0, 0.1) is 12.8 Å². The van der Waals surface area contributed by atoms with Crippen LogP contribution in [-0.2, 0) is 0 Å². The summed E-state index contributed by atoms with van der Waals surface area (Å²) in [5, 5.41) is 11.9. The fraction of sp³-hybridized carbons (Fsp3) is 0.364. The number of amides is 1. The lowest BCUT2D eigenvalue weighted by molar-refractivity contribution is 0.0539. The molecule has 2 unspecified atom stereocenters. The van der Waals surface area contributed by atoms with Crippen molar-refractivity contribution in [1.82, 2.24) is 24.9 Å². The molecule has 1 saturated heterocycles. The predicted octanol–water partition coefficient (Wildman–Crippen LogP) is 4.09. The molecule has 4 rings (SSSR count). The van der Waals surface area contributed by atoms with E-state index in [-0.39, 0.29) is 11.9 Å². The predicted molar refractivity (Wildman–Crippen MR) is 120 cm³/mol. The summed E-state index contributed by atoms with van der Waals surface area (Å²) in [6, 6.07) is 9.79. The maximum absolute atomic E-state index is 13.7. The molecule has 1 amide bonds. The van der Waals surface area contributed by atoms with Crippen LogP contribution in [0.15, 0.2) is 53.4 Å². The molecule has 1 N–H and O–H groups in total. The molecule has 30 heavy (non-hydrogen) atoms. The number of hydrogen-bond acceptors (Lipinski definition) is 5. The Kier molecular flexibility index (Phi) is 6.13. The third kappa shape index (κ3) is 4.38. The van der Waals surface area contributed by atoms with Gasteiger partial charge in [0.25, 0.3) is 5.91 Å². The molecule has 0 aliphatic carbocycles. The average Bonchev–Trinajstić information content (AvgIpc) is 3.28. The number of pyridine rings is 1. The third-order valence-corrected chi connectivity index (χ3v) is 6.08. The van der Waals surface area contributed by atoms with E-state index in [0.717, 1.165) is 35.2 Å². The van der Waals surface area contributed by atoms with Gasteiger partial charge in [-0.15, -0.1) is 0 Å². The highest BCUT2D eigenvalue weighted by molar-refractivity contribution is 9.10. The summed E-state index contributed by atoms with van der Waals surface area (Å²) in [7, 11) is 0. The molecular weight excluding hydrogens is 444 g/mol. The minimum Gasteiger partial charge on any atom is -0.368 e. The molecule has 0 saturated carbocycles. The van der Waals surface area contributed by atoms with Gasteiger partial charge in [-0.2, -0.15) is 15.0 Å². The van der Waals surface area contributed by atoms with E-state index in [4.69, 9.17) is 0 Å². The van der Waals surface area contributed by atoms with Gasteiger partial charge in [0.1, 0.15) is 5.82 Å². The van der Waals surface area contributed by atoms with Crippen molar-refractivity contribution in [3.63, 3.8) is 0 Å². The van der Waals surface area contributed by atoms with Gasteiger partial charge in [0.05, 0.1) is 29.7 Å². The zero-order valence-electron chi connectivity index (χ0n) is 17.1. The van der Waals surface area contributed by atoms with Crippen molar-refractivity contribution in [3.8, 4) is 5.69 Å². The second kappa shape index (κ2) is 8.95. The maximum Gasteiger partial charge on any atom is 0.256 e. The third-order valence-electron chi connectivity index (χ3n) is 5.61. The van der Waals surface area contributed by atoms with Gasteiger partial charge < -0.3 is 10.2 Å². The maximum atomic E-state index is 13.7. The Bertz CT molecular complexity index is 1000. The van der Waals surface area contributed by atoms with E-state index in [2.05, 4.69) is 43.4 Å². The normalized spacial score (nSPS) is 19.0. The molecule has 0 spiro atoms. The second-order valence-corrected chi connectivity index (χ2v) is 8.68. The van der Waals surface area contributed by atoms with Crippen LogP contribution in [-0.4, -0.2) is 49.9 Å². The van der Waals surface area contributed by atoms with Crippen molar-refractivity contribution < 1.29 is 4.79 Å². The highest BCUT2D eigenvalue weighted by Crippen LogP contribution is 2.27. The van der Waals surface area contributed by atoms with E-state index in [1.807, 2.05) is 42.2 Å². The Morgan fingerprint density at radius 3 is 2.77 bits per heavy atom. The quantitative estimate of drug-likeness (QED) is 0.610. The lowest BCUT2D eigenvalue weighted by Crippen LogP contribution is -2.51. The smallest absolute Gasteiger partial charge is 0.256 e. The zero-order valence-corrected chi connectivity index (χ0v) is 18.7. The van der Waals surface area contributed by atoms with Crippen molar-refractivity contribution in [2.75, 3.05) is 18.4 Å². The highest BCUT2D eigenvalue weighted by Gasteiger charge is 2.33. The van der Waals surface area contributed by atoms with Crippen LogP contribution in [0.25, 0.3) is 5.69 Å². The number of rotatable bonds is 5. The van der Waals surface area contributed by atoms with Crippen molar-refractivity contribution in [3.05, 3.63) is 64.5 Å². The molecule has 3 aromatic rings. The number of benzene rings is 1. The number of hydrogen-bond donors (Lipinski definition) is 1. The number of nitrogens with one attached hydrogen (secondary N) is 1. The summed E-state index contributed by atoms with van der Waals surface area (Å²) in [5.74, 6) is 1.22. The van der Waals surface area contributed by atoms with Gasteiger partial charge in [0, 0.05) is 23.8 Å². The number of halogens is 1. The summed E-state index contributed by atoms with van der Waals surface area (Å²) in [5.41, 5.74) is 2.37. The molecule has 8 heteroatoms. The Labute approximate surface area is 184 Å². The number of aryl methyl sites for hydroxylation is 1. The van der Waals surface area contributed by atoms with Gasteiger partial charge >= 0.3 is 0 Å². The Hall–Kier alpha value is -2.74. The van der Waals surface area contributed by atoms with Gasteiger partial charge in [-0.1, -0.05) is 18.6 Å². The monoisotopic (exact) mass is 468 g/mol. The van der Waals surface area contributed by atoms with Gasteiger partial charge in [0.2, 0.25) is 0 Å². The molecule has 1 aromatic carbocycles. The largest absolute Gasteiger partial charge is 0.368 e. The van der Waals surface area contributed by atoms with Crippen LogP contribution in [0.5, 0.6) is 0 Å². The van der Waals surface area contributed by atoms with E-state index in [0.29, 0.717) is 23.7 Å². The number of piperidine rings is 1.